The lowest BCUT2D eigenvalue weighted by atomic mass is 10.0. The van der Waals surface area contributed by atoms with Gasteiger partial charge in [0.25, 0.3) is 0 Å². The summed E-state index contributed by atoms with van der Waals surface area (Å²) in [6.07, 6.45) is 4.87. The third-order valence-corrected chi connectivity index (χ3v) is 6.86. The Morgan fingerprint density at radius 3 is 2.58 bits per heavy atom. The average molecular weight is 523 g/mol. The van der Waals surface area contributed by atoms with Crippen LogP contribution in [0.3, 0.4) is 0 Å². The maximum atomic E-state index is 6.25. The average Bonchev–Trinajstić information content (AvgIpc) is 3.37. The number of hydrogen-bond acceptors (Lipinski definition) is 11. The van der Waals surface area contributed by atoms with Crippen molar-refractivity contribution in [2.75, 3.05) is 5.32 Å². The number of nitrogens with zero attached hydrogens (tertiary/aromatic N) is 5. The molecule has 0 spiro atoms. The summed E-state index contributed by atoms with van der Waals surface area (Å²) in [4.78, 5) is 18.9. The number of aryl methyl sites for hydroxylation is 1. The van der Waals surface area contributed by atoms with E-state index < -0.39 is 17.5 Å². The van der Waals surface area contributed by atoms with Gasteiger partial charge in [0.15, 0.2) is 23.2 Å². The maximum absolute atomic E-state index is 6.25. The minimum absolute atomic E-state index is 0.391. The summed E-state index contributed by atoms with van der Waals surface area (Å²) in [7, 11) is 0. The van der Waals surface area contributed by atoms with E-state index in [4.69, 9.17) is 14.2 Å². The van der Waals surface area contributed by atoms with Crippen molar-refractivity contribution in [2.45, 2.75) is 62.0 Å². The molecule has 186 valence electrons. The van der Waals surface area contributed by atoms with Crippen LogP contribution in [-0.4, -0.2) is 35.7 Å². The summed E-state index contributed by atoms with van der Waals surface area (Å²) < 4.78 is 22.9. The molecule has 1 atom stereocenters. The molecule has 5 rings (SSSR count). The Labute approximate surface area is 217 Å². The van der Waals surface area contributed by atoms with Crippen LogP contribution in [0.1, 0.15) is 45.3 Å². The summed E-state index contributed by atoms with van der Waals surface area (Å²) in [5.41, 5.74) is 0.212. The zero-order valence-electron chi connectivity index (χ0n) is 20.6. The van der Waals surface area contributed by atoms with Gasteiger partial charge >= 0.3 is 0 Å². The molecule has 0 aliphatic carbocycles. The third kappa shape index (κ3) is 5.49. The molecule has 1 N–H and O–H groups in total. The van der Waals surface area contributed by atoms with Crippen LogP contribution in [0.15, 0.2) is 64.9 Å². The first-order chi connectivity index (χ1) is 17.2. The standard InChI is InChI=1S/C25H26N6O3S2/c1-15-17(9-8-12-26-15)32-18-13-16(35-19-10-6-7-11-27-19)14-28-21(18)29-23-30-22(31-36-23)20-24(2,3)34-25(4,5)33-20/h6-14,20H,1-5H3,(H,28,29,30,31)/t20-/m0/s1. The SMILES string of the molecule is Cc1ncccc1Oc1cc(Sc2ccccn2)cnc1Nc1nc([C@@H]2OC(C)(C)OC2(C)C)ns1. The van der Waals surface area contributed by atoms with Gasteiger partial charge in [0.1, 0.15) is 16.9 Å². The predicted octanol–water partition coefficient (Wildman–Crippen LogP) is 6.32. The molecular formula is C25H26N6O3S2. The van der Waals surface area contributed by atoms with Gasteiger partial charge in [-0.05, 0) is 58.9 Å². The molecule has 0 radical (unpaired) electrons. The molecule has 4 aromatic heterocycles. The quantitative estimate of drug-likeness (QED) is 0.296. The molecule has 1 fully saturated rings. The Kier molecular flexibility index (Phi) is 6.64. The lowest BCUT2D eigenvalue weighted by Gasteiger charge is -2.22. The Hall–Kier alpha value is -3.12. The number of pyridine rings is 3. The van der Waals surface area contributed by atoms with Crippen molar-refractivity contribution in [3.8, 4) is 11.5 Å². The van der Waals surface area contributed by atoms with Crippen LogP contribution >= 0.6 is 23.3 Å². The maximum Gasteiger partial charge on any atom is 0.208 e. The first-order valence-corrected chi connectivity index (χ1v) is 12.9. The number of ether oxygens (including phenoxy) is 3. The van der Waals surface area contributed by atoms with Crippen molar-refractivity contribution in [2.24, 2.45) is 0 Å². The fourth-order valence-corrected chi connectivity index (χ4v) is 5.24. The number of anilines is 2. The molecule has 4 aromatic rings. The predicted molar refractivity (Wildman–Crippen MR) is 138 cm³/mol. The van der Waals surface area contributed by atoms with Crippen LogP contribution in [-0.2, 0) is 9.47 Å². The Bertz CT molecular complexity index is 1360. The Morgan fingerprint density at radius 2 is 1.86 bits per heavy atom. The zero-order chi connectivity index (χ0) is 25.3. The van der Waals surface area contributed by atoms with E-state index in [-0.39, 0.29) is 0 Å². The van der Waals surface area contributed by atoms with Gasteiger partial charge in [-0.15, -0.1) is 0 Å². The number of aromatic nitrogens is 5. The fourth-order valence-electron chi connectivity index (χ4n) is 3.87. The number of rotatable bonds is 7. The van der Waals surface area contributed by atoms with E-state index in [1.54, 1.807) is 18.6 Å². The van der Waals surface area contributed by atoms with Crippen LogP contribution in [0.2, 0.25) is 0 Å². The van der Waals surface area contributed by atoms with Crippen LogP contribution in [0.25, 0.3) is 0 Å². The molecule has 0 saturated carbocycles. The van der Waals surface area contributed by atoms with Gasteiger partial charge in [0, 0.05) is 41.1 Å². The van der Waals surface area contributed by atoms with Gasteiger partial charge in [0.2, 0.25) is 5.13 Å². The van der Waals surface area contributed by atoms with E-state index in [1.165, 1.54) is 23.3 Å². The van der Waals surface area contributed by atoms with Crippen molar-refractivity contribution in [1.82, 2.24) is 24.3 Å². The molecule has 1 aliphatic heterocycles. The highest BCUT2D eigenvalue weighted by molar-refractivity contribution is 7.99. The van der Waals surface area contributed by atoms with E-state index in [0.29, 0.717) is 28.3 Å². The number of hydrogen-bond donors (Lipinski definition) is 1. The first kappa shape index (κ1) is 24.6. The highest BCUT2D eigenvalue weighted by Gasteiger charge is 2.49. The van der Waals surface area contributed by atoms with Gasteiger partial charge in [-0.25, -0.2) is 15.0 Å². The van der Waals surface area contributed by atoms with Crippen molar-refractivity contribution >= 4 is 34.2 Å². The molecule has 11 heteroatoms. The molecule has 0 unspecified atom stereocenters. The largest absolute Gasteiger partial charge is 0.452 e. The van der Waals surface area contributed by atoms with E-state index in [9.17, 15) is 0 Å². The van der Waals surface area contributed by atoms with Gasteiger partial charge in [-0.1, -0.05) is 17.8 Å². The van der Waals surface area contributed by atoms with Gasteiger partial charge < -0.3 is 19.5 Å². The zero-order valence-corrected chi connectivity index (χ0v) is 22.2. The minimum atomic E-state index is -0.710. The van der Waals surface area contributed by atoms with E-state index in [0.717, 1.165) is 15.6 Å². The monoisotopic (exact) mass is 522 g/mol. The summed E-state index contributed by atoms with van der Waals surface area (Å²) in [5.74, 6) is 1.53. The second-order valence-corrected chi connectivity index (χ2v) is 11.0. The lowest BCUT2D eigenvalue weighted by Crippen LogP contribution is -2.28. The molecule has 0 amide bonds. The van der Waals surface area contributed by atoms with E-state index in [1.807, 2.05) is 71.0 Å². The van der Waals surface area contributed by atoms with Crippen molar-refractivity contribution in [1.29, 1.82) is 0 Å². The van der Waals surface area contributed by atoms with Gasteiger partial charge in [-0.3, -0.25) is 4.98 Å². The molecule has 5 heterocycles. The topological polar surface area (TPSA) is 104 Å². The normalized spacial score (nSPS) is 18.2. The second-order valence-electron chi connectivity index (χ2n) is 9.16. The molecule has 1 saturated heterocycles. The highest BCUT2D eigenvalue weighted by Crippen LogP contribution is 2.45. The summed E-state index contributed by atoms with van der Waals surface area (Å²) in [6.45, 7) is 9.62. The van der Waals surface area contributed by atoms with Crippen LogP contribution in [0, 0.1) is 6.92 Å². The second kappa shape index (κ2) is 9.74. The van der Waals surface area contributed by atoms with Crippen LogP contribution in [0.4, 0.5) is 10.9 Å². The molecular weight excluding hydrogens is 496 g/mol. The third-order valence-electron chi connectivity index (χ3n) is 5.31. The molecule has 9 nitrogen and oxygen atoms in total. The highest BCUT2D eigenvalue weighted by atomic mass is 32.2. The minimum Gasteiger partial charge on any atom is -0.452 e. The summed E-state index contributed by atoms with van der Waals surface area (Å²) in [6, 6.07) is 11.4. The number of nitrogens with one attached hydrogen (secondary N) is 1. The molecule has 0 aromatic carbocycles. The van der Waals surface area contributed by atoms with Gasteiger partial charge in [-0.2, -0.15) is 4.37 Å². The van der Waals surface area contributed by atoms with Crippen LogP contribution < -0.4 is 10.1 Å². The molecule has 36 heavy (non-hydrogen) atoms. The summed E-state index contributed by atoms with van der Waals surface area (Å²) >= 11 is 2.73. The lowest BCUT2D eigenvalue weighted by molar-refractivity contribution is -0.158. The van der Waals surface area contributed by atoms with E-state index in [2.05, 4.69) is 29.6 Å². The van der Waals surface area contributed by atoms with Gasteiger partial charge in [0.05, 0.1) is 11.3 Å². The molecule has 1 aliphatic rings. The van der Waals surface area contributed by atoms with Crippen molar-refractivity contribution in [3.63, 3.8) is 0 Å². The van der Waals surface area contributed by atoms with E-state index >= 15 is 0 Å². The first-order valence-electron chi connectivity index (χ1n) is 11.4. The van der Waals surface area contributed by atoms with Crippen LogP contribution in [0.5, 0.6) is 11.5 Å². The van der Waals surface area contributed by atoms with Crippen molar-refractivity contribution in [3.05, 3.63) is 66.5 Å². The van der Waals surface area contributed by atoms with Crippen molar-refractivity contribution < 1.29 is 14.2 Å². The molecule has 0 bridgehead atoms. The summed E-state index contributed by atoms with van der Waals surface area (Å²) in [5, 5.41) is 4.69. The fraction of sp³-hybridized carbons (Fsp3) is 0.320. The Morgan fingerprint density at radius 1 is 1.03 bits per heavy atom. The Balaban J connectivity index is 1.43. The smallest absolute Gasteiger partial charge is 0.208 e.